The fourth-order valence-electron chi connectivity index (χ4n) is 1.21. The molecule has 2 aromatic heterocycles. The van der Waals surface area contributed by atoms with Crippen LogP contribution in [0.1, 0.15) is 18.5 Å². The molecule has 1 atom stereocenters. The van der Waals surface area contributed by atoms with Gasteiger partial charge in [-0.2, -0.15) is 0 Å². The van der Waals surface area contributed by atoms with Gasteiger partial charge in [-0.05, 0) is 24.6 Å². The number of nitrogens with zero attached hydrogens (tertiary/aromatic N) is 2. The van der Waals surface area contributed by atoms with E-state index in [9.17, 15) is 0 Å². The molecular weight excluding hydrogens is 150 g/mol. The van der Waals surface area contributed by atoms with Crippen LogP contribution in [0.3, 0.4) is 0 Å². The van der Waals surface area contributed by atoms with Crippen LogP contribution in [-0.4, -0.2) is 9.38 Å². The van der Waals surface area contributed by atoms with Gasteiger partial charge in [0.25, 0.3) is 0 Å². The molecule has 0 fully saturated rings. The summed E-state index contributed by atoms with van der Waals surface area (Å²) in [6.07, 6.45) is 5.67. The molecule has 0 saturated heterocycles. The van der Waals surface area contributed by atoms with Crippen LogP contribution in [0, 0.1) is 0 Å². The van der Waals surface area contributed by atoms with Gasteiger partial charge in [-0.1, -0.05) is 0 Å². The summed E-state index contributed by atoms with van der Waals surface area (Å²) < 4.78 is 1.96. The highest BCUT2D eigenvalue weighted by Crippen LogP contribution is 2.11. The van der Waals surface area contributed by atoms with Crippen LogP contribution in [0.2, 0.25) is 0 Å². The number of aromatic nitrogens is 2. The molecule has 2 N–H and O–H groups in total. The lowest BCUT2D eigenvalue weighted by atomic mass is 10.1. The van der Waals surface area contributed by atoms with E-state index in [2.05, 4.69) is 4.98 Å². The summed E-state index contributed by atoms with van der Waals surface area (Å²) in [6, 6.07) is 4.09. The molecule has 0 amide bonds. The molecular formula is C9H11N3. The van der Waals surface area contributed by atoms with Crippen LogP contribution < -0.4 is 5.73 Å². The quantitative estimate of drug-likeness (QED) is 0.686. The van der Waals surface area contributed by atoms with Gasteiger partial charge in [-0.25, -0.2) is 4.98 Å². The van der Waals surface area contributed by atoms with Gasteiger partial charge in [-0.3, -0.25) is 0 Å². The maximum absolute atomic E-state index is 5.74. The molecule has 0 aromatic carbocycles. The largest absolute Gasteiger partial charge is 0.324 e. The Morgan fingerprint density at radius 2 is 2.33 bits per heavy atom. The summed E-state index contributed by atoms with van der Waals surface area (Å²) in [5.41, 5.74) is 7.80. The van der Waals surface area contributed by atoms with E-state index >= 15 is 0 Å². The van der Waals surface area contributed by atoms with Crippen molar-refractivity contribution in [3.05, 3.63) is 36.3 Å². The molecule has 62 valence electrons. The van der Waals surface area contributed by atoms with Crippen molar-refractivity contribution in [3.8, 4) is 0 Å². The maximum atomic E-state index is 5.74. The lowest BCUT2D eigenvalue weighted by Gasteiger charge is -2.04. The molecule has 0 radical (unpaired) electrons. The van der Waals surface area contributed by atoms with Crippen molar-refractivity contribution in [2.75, 3.05) is 0 Å². The smallest absolute Gasteiger partial charge is 0.136 e. The zero-order valence-corrected chi connectivity index (χ0v) is 6.94. The first kappa shape index (κ1) is 7.31. The first-order valence-electron chi connectivity index (χ1n) is 3.95. The minimum absolute atomic E-state index is 0.0756. The van der Waals surface area contributed by atoms with E-state index in [4.69, 9.17) is 5.73 Å². The van der Waals surface area contributed by atoms with E-state index in [0.29, 0.717) is 0 Å². The average molecular weight is 161 g/mol. The third-order valence-corrected chi connectivity index (χ3v) is 1.95. The number of imidazole rings is 1. The van der Waals surface area contributed by atoms with E-state index in [0.717, 1.165) is 11.2 Å². The summed E-state index contributed by atoms with van der Waals surface area (Å²) in [5, 5.41) is 0. The number of pyridine rings is 1. The summed E-state index contributed by atoms with van der Waals surface area (Å²) in [6.45, 7) is 1.97. The summed E-state index contributed by atoms with van der Waals surface area (Å²) in [4.78, 5) is 4.17. The Bertz CT molecular complexity index is 389. The first-order valence-corrected chi connectivity index (χ1v) is 3.95. The predicted octanol–water partition coefficient (Wildman–Crippen LogP) is 1.35. The highest BCUT2D eigenvalue weighted by Gasteiger charge is 2.00. The molecule has 12 heavy (non-hydrogen) atoms. The second-order valence-electron chi connectivity index (χ2n) is 2.94. The molecule has 3 nitrogen and oxygen atoms in total. The van der Waals surface area contributed by atoms with Crippen molar-refractivity contribution in [1.82, 2.24) is 9.38 Å². The van der Waals surface area contributed by atoms with Crippen LogP contribution >= 0.6 is 0 Å². The van der Waals surface area contributed by atoms with Gasteiger partial charge >= 0.3 is 0 Å². The molecule has 1 unspecified atom stereocenters. The molecule has 0 aliphatic rings. The molecule has 2 heterocycles. The Morgan fingerprint density at radius 3 is 3.08 bits per heavy atom. The Morgan fingerprint density at radius 1 is 1.50 bits per heavy atom. The number of nitrogens with two attached hydrogens (primary N) is 1. The van der Waals surface area contributed by atoms with Crippen LogP contribution in [-0.2, 0) is 0 Å². The fraction of sp³-hybridized carbons (Fsp3) is 0.222. The van der Waals surface area contributed by atoms with Gasteiger partial charge in [0.15, 0.2) is 0 Å². The summed E-state index contributed by atoms with van der Waals surface area (Å²) >= 11 is 0. The van der Waals surface area contributed by atoms with Gasteiger partial charge in [0.2, 0.25) is 0 Å². The molecule has 2 aromatic rings. The van der Waals surface area contributed by atoms with E-state index in [1.807, 2.05) is 35.9 Å². The van der Waals surface area contributed by atoms with E-state index in [-0.39, 0.29) is 6.04 Å². The highest BCUT2D eigenvalue weighted by molar-refractivity contribution is 5.41. The number of fused-ring (bicyclic) bond motifs is 1. The SMILES string of the molecule is CC(N)c1ccn2ccnc2c1. The fourth-order valence-corrected chi connectivity index (χ4v) is 1.21. The number of hydrogen-bond donors (Lipinski definition) is 1. The standard InChI is InChI=1S/C9H11N3/c1-7(10)8-2-4-12-5-3-11-9(12)6-8/h2-7H,10H2,1H3. The third kappa shape index (κ3) is 1.08. The van der Waals surface area contributed by atoms with Crippen molar-refractivity contribution < 1.29 is 0 Å². The normalized spacial score (nSPS) is 13.5. The zero-order valence-electron chi connectivity index (χ0n) is 6.94. The number of hydrogen-bond acceptors (Lipinski definition) is 2. The van der Waals surface area contributed by atoms with Crippen molar-refractivity contribution in [3.63, 3.8) is 0 Å². The lowest BCUT2D eigenvalue weighted by molar-refractivity contribution is 0.815. The van der Waals surface area contributed by atoms with E-state index in [1.54, 1.807) is 6.20 Å². The molecule has 2 rings (SSSR count). The second-order valence-corrected chi connectivity index (χ2v) is 2.94. The zero-order chi connectivity index (χ0) is 8.55. The molecule has 0 spiro atoms. The molecule has 0 aliphatic heterocycles. The maximum Gasteiger partial charge on any atom is 0.136 e. The van der Waals surface area contributed by atoms with Crippen LogP contribution in [0.25, 0.3) is 5.65 Å². The van der Waals surface area contributed by atoms with Crippen molar-refractivity contribution in [1.29, 1.82) is 0 Å². The summed E-state index contributed by atoms with van der Waals surface area (Å²) in [7, 11) is 0. The molecule has 0 saturated carbocycles. The molecule has 0 aliphatic carbocycles. The van der Waals surface area contributed by atoms with E-state index < -0.39 is 0 Å². The Kier molecular flexibility index (Phi) is 1.59. The summed E-state index contributed by atoms with van der Waals surface area (Å²) in [5.74, 6) is 0. The molecule has 0 bridgehead atoms. The van der Waals surface area contributed by atoms with E-state index in [1.165, 1.54) is 0 Å². The van der Waals surface area contributed by atoms with Crippen LogP contribution in [0.15, 0.2) is 30.7 Å². The topological polar surface area (TPSA) is 43.3 Å². The van der Waals surface area contributed by atoms with Gasteiger partial charge in [0, 0.05) is 24.6 Å². The van der Waals surface area contributed by atoms with Crippen molar-refractivity contribution in [2.24, 2.45) is 5.73 Å². The van der Waals surface area contributed by atoms with Crippen molar-refractivity contribution in [2.45, 2.75) is 13.0 Å². The predicted molar refractivity (Wildman–Crippen MR) is 47.8 cm³/mol. The Hall–Kier alpha value is -1.35. The Labute approximate surface area is 70.8 Å². The average Bonchev–Trinajstić information content (AvgIpc) is 2.49. The monoisotopic (exact) mass is 161 g/mol. The van der Waals surface area contributed by atoms with Gasteiger partial charge in [0.1, 0.15) is 5.65 Å². The first-order chi connectivity index (χ1) is 5.77. The minimum Gasteiger partial charge on any atom is -0.324 e. The number of rotatable bonds is 1. The second kappa shape index (κ2) is 2.60. The van der Waals surface area contributed by atoms with Crippen LogP contribution in [0.4, 0.5) is 0 Å². The highest BCUT2D eigenvalue weighted by atomic mass is 15.0. The third-order valence-electron chi connectivity index (χ3n) is 1.95. The molecule has 3 heteroatoms. The van der Waals surface area contributed by atoms with Gasteiger partial charge in [0.05, 0.1) is 0 Å². The van der Waals surface area contributed by atoms with Gasteiger partial charge < -0.3 is 10.1 Å². The lowest BCUT2D eigenvalue weighted by Crippen LogP contribution is -2.05. The van der Waals surface area contributed by atoms with Crippen LogP contribution in [0.5, 0.6) is 0 Å². The minimum atomic E-state index is 0.0756. The Balaban J connectivity index is 2.60. The van der Waals surface area contributed by atoms with Gasteiger partial charge in [-0.15, -0.1) is 0 Å². The van der Waals surface area contributed by atoms with Crippen molar-refractivity contribution >= 4 is 5.65 Å².